The average molecular weight is 217 g/mol. The van der Waals surface area contributed by atoms with E-state index >= 15 is 0 Å². The molecule has 0 spiro atoms. The van der Waals surface area contributed by atoms with Gasteiger partial charge in [0, 0.05) is 13.2 Å². The third-order valence-electron chi connectivity index (χ3n) is 2.39. The minimum Gasteiger partial charge on any atom is -0.380 e. The minimum atomic E-state index is 0.271. The molecule has 0 saturated carbocycles. The molecule has 0 bridgehead atoms. The minimum absolute atomic E-state index is 0.271. The van der Waals surface area contributed by atoms with Crippen molar-refractivity contribution in [3.63, 3.8) is 0 Å². The third kappa shape index (κ3) is 6.88. The quantitative estimate of drug-likeness (QED) is 0.608. The van der Waals surface area contributed by atoms with E-state index in [0.717, 1.165) is 39.2 Å². The number of rotatable bonds is 10. The smallest absolute Gasteiger partial charge is 0.0747 e. The molecule has 0 saturated heterocycles. The van der Waals surface area contributed by atoms with E-state index in [1.165, 1.54) is 0 Å². The van der Waals surface area contributed by atoms with Crippen molar-refractivity contribution in [2.24, 2.45) is 0 Å². The molecule has 0 aliphatic heterocycles. The molecule has 0 aliphatic rings. The van der Waals surface area contributed by atoms with Gasteiger partial charge < -0.3 is 14.8 Å². The molecule has 3 heteroatoms. The molecule has 0 rings (SSSR count). The fourth-order valence-electron chi connectivity index (χ4n) is 1.60. The summed E-state index contributed by atoms with van der Waals surface area (Å²) in [6.07, 6.45) is 2.45. The first kappa shape index (κ1) is 14.9. The normalized spacial score (nSPS) is 15.2. The Balaban J connectivity index is 4.02. The topological polar surface area (TPSA) is 30.5 Å². The molecule has 0 fully saturated rings. The van der Waals surface area contributed by atoms with Crippen molar-refractivity contribution in [2.75, 3.05) is 26.4 Å². The van der Waals surface area contributed by atoms with Gasteiger partial charge in [-0.15, -0.1) is 0 Å². The van der Waals surface area contributed by atoms with E-state index in [2.05, 4.69) is 19.2 Å². The third-order valence-corrected chi connectivity index (χ3v) is 2.39. The highest BCUT2D eigenvalue weighted by atomic mass is 16.5. The highest BCUT2D eigenvalue weighted by Gasteiger charge is 2.19. The summed E-state index contributed by atoms with van der Waals surface area (Å²) in [6.45, 7) is 11.7. The molecule has 3 nitrogen and oxygen atoms in total. The van der Waals surface area contributed by atoms with Gasteiger partial charge in [-0.2, -0.15) is 0 Å². The van der Waals surface area contributed by atoms with Crippen molar-refractivity contribution in [3.05, 3.63) is 0 Å². The SMILES string of the molecule is CCCNC(COCC)C(CC)OCC. The summed E-state index contributed by atoms with van der Waals surface area (Å²) in [6, 6.07) is 0.329. The molecular weight excluding hydrogens is 190 g/mol. The maximum Gasteiger partial charge on any atom is 0.0747 e. The van der Waals surface area contributed by atoms with Crippen LogP contribution in [0.5, 0.6) is 0 Å². The standard InChI is InChI=1S/C12H27NO2/c1-5-9-13-11(10-14-7-3)12(6-2)15-8-4/h11-13H,5-10H2,1-4H3. The van der Waals surface area contributed by atoms with E-state index in [1.54, 1.807) is 0 Å². The summed E-state index contributed by atoms with van der Waals surface area (Å²) in [7, 11) is 0. The van der Waals surface area contributed by atoms with Crippen molar-refractivity contribution in [1.82, 2.24) is 5.32 Å². The fraction of sp³-hybridized carbons (Fsp3) is 1.00. The van der Waals surface area contributed by atoms with E-state index in [-0.39, 0.29) is 6.10 Å². The summed E-state index contributed by atoms with van der Waals surface area (Å²) in [5, 5.41) is 3.49. The van der Waals surface area contributed by atoms with Gasteiger partial charge in [0.05, 0.1) is 18.8 Å². The average Bonchev–Trinajstić information content (AvgIpc) is 2.27. The maximum absolute atomic E-state index is 5.70. The van der Waals surface area contributed by atoms with Crippen LogP contribution in [0, 0.1) is 0 Å². The van der Waals surface area contributed by atoms with Crippen molar-refractivity contribution < 1.29 is 9.47 Å². The number of hydrogen-bond donors (Lipinski definition) is 1. The summed E-state index contributed by atoms with van der Waals surface area (Å²) in [5.74, 6) is 0. The Bertz CT molecular complexity index is 123. The maximum atomic E-state index is 5.70. The zero-order valence-corrected chi connectivity index (χ0v) is 10.7. The molecule has 0 aliphatic carbocycles. The van der Waals surface area contributed by atoms with Crippen LogP contribution in [-0.2, 0) is 9.47 Å². The van der Waals surface area contributed by atoms with Crippen molar-refractivity contribution in [1.29, 1.82) is 0 Å². The first-order valence-corrected chi connectivity index (χ1v) is 6.22. The fourth-order valence-corrected chi connectivity index (χ4v) is 1.60. The Morgan fingerprint density at radius 3 is 2.27 bits per heavy atom. The Labute approximate surface area is 94.5 Å². The second-order valence-corrected chi connectivity index (χ2v) is 3.62. The van der Waals surface area contributed by atoms with Crippen LogP contribution in [0.3, 0.4) is 0 Å². The number of hydrogen-bond acceptors (Lipinski definition) is 3. The predicted octanol–water partition coefficient (Wildman–Crippen LogP) is 2.21. The van der Waals surface area contributed by atoms with Crippen molar-refractivity contribution in [2.45, 2.75) is 52.7 Å². The van der Waals surface area contributed by atoms with Gasteiger partial charge in [0.25, 0.3) is 0 Å². The number of nitrogens with one attached hydrogen (secondary N) is 1. The van der Waals surface area contributed by atoms with Gasteiger partial charge in [-0.05, 0) is 33.2 Å². The Morgan fingerprint density at radius 1 is 1.07 bits per heavy atom. The van der Waals surface area contributed by atoms with E-state index < -0.39 is 0 Å². The monoisotopic (exact) mass is 217 g/mol. The summed E-state index contributed by atoms with van der Waals surface area (Å²) < 4.78 is 11.2. The van der Waals surface area contributed by atoms with E-state index in [1.807, 2.05) is 13.8 Å². The van der Waals surface area contributed by atoms with Crippen LogP contribution >= 0.6 is 0 Å². The lowest BCUT2D eigenvalue weighted by atomic mass is 10.1. The van der Waals surface area contributed by atoms with Gasteiger partial charge in [-0.25, -0.2) is 0 Å². The van der Waals surface area contributed by atoms with Gasteiger partial charge in [0.1, 0.15) is 0 Å². The van der Waals surface area contributed by atoms with E-state index in [9.17, 15) is 0 Å². The molecule has 0 radical (unpaired) electrons. The Kier molecular flexibility index (Phi) is 10.3. The van der Waals surface area contributed by atoms with Crippen LogP contribution in [-0.4, -0.2) is 38.5 Å². The zero-order valence-electron chi connectivity index (χ0n) is 10.7. The van der Waals surface area contributed by atoms with Gasteiger partial charge in [-0.3, -0.25) is 0 Å². The molecule has 0 aromatic carbocycles. The summed E-state index contributed by atoms with van der Waals surface area (Å²) in [4.78, 5) is 0. The lowest BCUT2D eigenvalue weighted by molar-refractivity contribution is 0.000698. The molecule has 0 heterocycles. The van der Waals surface area contributed by atoms with Crippen LogP contribution in [0.15, 0.2) is 0 Å². The molecule has 0 aromatic heterocycles. The lowest BCUT2D eigenvalue weighted by Crippen LogP contribution is -2.45. The van der Waals surface area contributed by atoms with Crippen LogP contribution in [0.25, 0.3) is 0 Å². The van der Waals surface area contributed by atoms with Crippen LogP contribution in [0.4, 0.5) is 0 Å². The molecule has 0 amide bonds. The highest BCUT2D eigenvalue weighted by Crippen LogP contribution is 2.05. The first-order valence-electron chi connectivity index (χ1n) is 6.22. The molecular formula is C12H27NO2. The predicted molar refractivity (Wildman–Crippen MR) is 64.3 cm³/mol. The summed E-state index contributed by atoms with van der Waals surface area (Å²) >= 11 is 0. The second kappa shape index (κ2) is 10.4. The second-order valence-electron chi connectivity index (χ2n) is 3.62. The van der Waals surface area contributed by atoms with Gasteiger partial charge in [0.2, 0.25) is 0 Å². The molecule has 15 heavy (non-hydrogen) atoms. The summed E-state index contributed by atoms with van der Waals surface area (Å²) in [5.41, 5.74) is 0. The molecule has 1 N–H and O–H groups in total. The van der Waals surface area contributed by atoms with E-state index in [0.29, 0.717) is 6.04 Å². The van der Waals surface area contributed by atoms with Crippen LogP contribution < -0.4 is 5.32 Å². The molecule has 0 aromatic rings. The lowest BCUT2D eigenvalue weighted by Gasteiger charge is -2.26. The van der Waals surface area contributed by atoms with E-state index in [4.69, 9.17) is 9.47 Å². The molecule has 2 atom stereocenters. The van der Waals surface area contributed by atoms with Gasteiger partial charge in [-0.1, -0.05) is 13.8 Å². The van der Waals surface area contributed by atoms with Crippen LogP contribution in [0.2, 0.25) is 0 Å². The van der Waals surface area contributed by atoms with Gasteiger partial charge >= 0.3 is 0 Å². The van der Waals surface area contributed by atoms with Crippen molar-refractivity contribution >= 4 is 0 Å². The highest BCUT2D eigenvalue weighted by molar-refractivity contribution is 4.75. The first-order chi connectivity index (χ1) is 7.29. The van der Waals surface area contributed by atoms with Crippen molar-refractivity contribution in [3.8, 4) is 0 Å². The Morgan fingerprint density at radius 2 is 1.80 bits per heavy atom. The zero-order chi connectivity index (χ0) is 11.5. The number of ether oxygens (including phenoxy) is 2. The van der Waals surface area contributed by atoms with Gasteiger partial charge in [0.15, 0.2) is 0 Å². The largest absolute Gasteiger partial charge is 0.380 e. The molecule has 2 unspecified atom stereocenters. The molecule has 92 valence electrons. The van der Waals surface area contributed by atoms with Crippen LogP contribution in [0.1, 0.15) is 40.5 Å². The Hall–Kier alpha value is -0.120.